The fourth-order valence-electron chi connectivity index (χ4n) is 5.47. The Bertz CT molecular complexity index is 1220. The third-order valence-electron chi connectivity index (χ3n) is 6.98. The van der Waals surface area contributed by atoms with Crippen LogP contribution in [0.15, 0.2) is 83.8 Å². The van der Waals surface area contributed by atoms with E-state index in [0.717, 1.165) is 16.7 Å². The minimum atomic E-state index is -4.01. The van der Waals surface area contributed by atoms with Crippen LogP contribution in [0.1, 0.15) is 24.5 Å². The Balaban J connectivity index is 1.57. The molecule has 0 aliphatic carbocycles. The van der Waals surface area contributed by atoms with Gasteiger partial charge in [0.15, 0.2) is 0 Å². The first-order valence-corrected chi connectivity index (χ1v) is 12.6. The predicted molar refractivity (Wildman–Crippen MR) is 124 cm³/mol. The van der Waals surface area contributed by atoms with Crippen LogP contribution in [-0.4, -0.2) is 42.5 Å². The molecular weight excluding hydrogens is 438 g/mol. The highest BCUT2D eigenvalue weighted by Crippen LogP contribution is 2.58. The SMILES string of the molecule is C=C1C2C=CC3(O2)C1C(C(=O)OCc1ccccc1)N(S(=O)(=O)c1ccc(C)cc1)C3CC. The molecule has 3 heterocycles. The summed E-state index contributed by atoms with van der Waals surface area (Å²) in [5.41, 5.74) is 1.60. The van der Waals surface area contributed by atoms with Crippen molar-refractivity contribution in [2.75, 3.05) is 0 Å². The van der Waals surface area contributed by atoms with Crippen molar-refractivity contribution in [3.8, 4) is 0 Å². The van der Waals surface area contributed by atoms with Gasteiger partial charge in [0.25, 0.3) is 0 Å². The normalized spacial score (nSPS) is 30.5. The van der Waals surface area contributed by atoms with Gasteiger partial charge >= 0.3 is 5.97 Å². The molecule has 33 heavy (non-hydrogen) atoms. The quantitative estimate of drug-likeness (QED) is 0.480. The Kier molecular flexibility index (Phi) is 5.31. The minimum Gasteiger partial charge on any atom is -0.460 e. The Morgan fingerprint density at radius 3 is 2.52 bits per heavy atom. The number of rotatable bonds is 6. The van der Waals surface area contributed by atoms with Crippen LogP contribution in [0, 0.1) is 12.8 Å². The summed E-state index contributed by atoms with van der Waals surface area (Å²) in [5.74, 6) is -1.08. The van der Waals surface area contributed by atoms with Gasteiger partial charge in [-0.25, -0.2) is 8.42 Å². The van der Waals surface area contributed by atoms with Crippen molar-refractivity contribution in [1.29, 1.82) is 0 Å². The number of ether oxygens (including phenoxy) is 2. The third kappa shape index (κ3) is 3.29. The maximum atomic E-state index is 13.9. The molecule has 6 nitrogen and oxygen atoms in total. The summed E-state index contributed by atoms with van der Waals surface area (Å²) in [4.78, 5) is 13.7. The fraction of sp³-hybridized carbons (Fsp3) is 0.346. The van der Waals surface area contributed by atoms with Gasteiger partial charge < -0.3 is 9.47 Å². The summed E-state index contributed by atoms with van der Waals surface area (Å²) < 4.78 is 41.2. The molecule has 5 atom stereocenters. The molecule has 3 aliphatic rings. The third-order valence-corrected chi connectivity index (χ3v) is 8.88. The summed E-state index contributed by atoms with van der Waals surface area (Å²) in [5, 5.41) is 0. The number of fused-ring (bicyclic) bond motifs is 1. The van der Waals surface area contributed by atoms with Crippen molar-refractivity contribution in [1.82, 2.24) is 4.31 Å². The molecule has 5 unspecified atom stereocenters. The van der Waals surface area contributed by atoms with Crippen molar-refractivity contribution in [2.45, 2.75) is 55.6 Å². The summed E-state index contributed by atoms with van der Waals surface area (Å²) in [6.45, 7) is 8.07. The Morgan fingerprint density at radius 1 is 1.15 bits per heavy atom. The predicted octanol–water partition coefficient (Wildman–Crippen LogP) is 3.77. The van der Waals surface area contributed by atoms with Crippen LogP contribution < -0.4 is 0 Å². The van der Waals surface area contributed by atoms with Crippen LogP contribution in [0.3, 0.4) is 0 Å². The molecule has 0 aromatic heterocycles. The number of nitrogens with zero attached hydrogens (tertiary/aromatic N) is 1. The second-order valence-electron chi connectivity index (χ2n) is 8.91. The van der Waals surface area contributed by atoms with E-state index >= 15 is 0 Å². The lowest BCUT2D eigenvalue weighted by atomic mass is 9.76. The van der Waals surface area contributed by atoms with Gasteiger partial charge in [0.1, 0.15) is 18.2 Å². The van der Waals surface area contributed by atoms with Gasteiger partial charge in [-0.3, -0.25) is 4.79 Å². The zero-order chi connectivity index (χ0) is 23.4. The largest absolute Gasteiger partial charge is 0.460 e. The maximum Gasteiger partial charge on any atom is 0.325 e. The second kappa shape index (κ2) is 7.94. The topological polar surface area (TPSA) is 72.9 Å². The van der Waals surface area contributed by atoms with Gasteiger partial charge in [0.05, 0.1) is 17.0 Å². The van der Waals surface area contributed by atoms with Crippen LogP contribution >= 0.6 is 0 Å². The first kappa shape index (κ1) is 22.1. The van der Waals surface area contributed by atoms with Crippen LogP contribution in [-0.2, 0) is 30.9 Å². The van der Waals surface area contributed by atoms with Gasteiger partial charge in [-0.05, 0) is 36.6 Å². The Morgan fingerprint density at radius 2 is 1.85 bits per heavy atom. The van der Waals surface area contributed by atoms with Crippen molar-refractivity contribution >= 4 is 16.0 Å². The number of esters is 1. The van der Waals surface area contributed by atoms with Crippen LogP contribution in [0.5, 0.6) is 0 Å². The van der Waals surface area contributed by atoms with Crippen molar-refractivity contribution in [2.24, 2.45) is 5.92 Å². The van der Waals surface area contributed by atoms with Gasteiger partial charge in [0, 0.05) is 5.92 Å². The molecule has 0 N–H and O–H groups in total. The van der Waals surface area contributed by atoms with E-state index in [4.69, 9.17) is 9.47 Å². The zero-order valence-corrected chi connectivity index (χ0v) is 19.5. The number of carbonyl (C=O) groups excluding carboxylic acids is 1. The highest BCUT2D eigenvalue weighted by atomic mass is 32.2. The van der Waals surface area contributed by atoms with E-state index in [9.17, 15) is 13.2 Å². The molecule has 2 aromatic carbocycles. The van der Waals surface area contributed by atoms with Crippen LogP contribution in [0.2, 0.25) is 0 Å². The van der Waals surface area contributed by atoms with Gasteiger partial charge in [0.2, 0.25) is 10.0 Å². The maximum absolute atomic E-state index is 13.9. The molecule has 5 rings (SSSR count). The molecule has 0 amide bonds. The monoisotopic (exact) mass is 465 g/mol. The average Bonchev–Trinajstić information content (AvgIpc) is 3.46. The molecule has 2 saturated heterocycles. The van der Waals surface area contributed by atoms with E-state index in [1.165, 1.54) is 4.31 Å². The highest BCUT2D eigenvalue weighted by molar-refractivity contribution is 7.89. The summed E-state index contributed by atoms with van der Waals surface area (Å²) >= 11 is 0. The summed E-state index contributed by atoms with van der Waals surface area (Å²) in [6, 6.07) is 14.4. The lowest BCUT2D eigenvalue weighted by Gasteiger charge is -2.32. The smallest absolute Gasteiger partial charge is 0.325 e. The summed E-state index contributed by atoms with van der Waals surface area (Å²) in [6.07, 6.45) is 4.01. The number of hydrogen-bond acceptors (Lipinski definition) is 5. The number of hydrogen-bond donors (Lipinski definition) is 0. The molecule has 2 bridgehead atoms. The van der Waals surface area contributed by atoms with Gasteiger partial charge in [-0.1, -0.05) is 73.7 Å². The first-order valence-electron chi connectivity index (χ1n) is 11.2. The number of aryl methyl sites for hydroxylation is 1. The number of carbonyl (C=O) groups is 1. The molecular formula is C26H27NO5S. The zero-order valence-electron chi connectivity index (χ0n) is 18.7. The lowest BCUT2D eigenvalue weighted by Crippen LogP contribution is -2.49. The van der Waals surface area contributed by atoms with Crippen LogP contribution in [0.25, 0.3) is 0 Å². The second-order valence-corrected chi connectivity index (χ2v) is 10.8. The highest BCUT2D eigenvalue weighted by Gasteiger charge is 2.70. The van der Waals surface area contributed by atoms with Crippen LogP contribution in [0.4, 0.5) is 0 Å². The van der Waals surface area contributed by atoms with E-state index < -0.39 is 39.6 Å². The fourth-order valence-corrected chi connectivity index (χ4v) is 7.35. The average molecular weight is 466 g/mol. The van der Waals surface area contributed by atoms with Crippen molar-refractivity contribution in [3.05, 3.63) is 90.0 Å². The summed E-state index contributed by atoms with van der Waals surface area (Å²) in [7, 11) is -4.01. The van der Waals surface area contributed by atoms with Gasteiger partial charge in [-0.2, -0.15) is 4.31 Å². The van der Waals surface area contributed by atoms with Crippen molar-refractivity contribution < 1.29 is 22.7 Å². The van der Waals surface area contributed by atoms with E-state index in [0.29, 0.717) is 6.42 Å². The van der Waals surface area contributed by atoms with E-state index in [1.807, 2.05) is 56.3 Å². The lowest BCUT2D eigenvalue weighted by molar-refractivity contribution is -0.150. The van der Waals surface area contributed by atoms with E-state index in [-0.39, 0.29) is 17.6 Å². The molecule has 0 radical (unpaired) electrons. The molecule has 7 heteroatoms. The number of benzene rings is 2. The molecule has 1 spiro atoms. The first-order chi connectivity index (χ1) is 15.8. The minimum absolute atomic E-state index is 0.0672. The number of sulfonamides is 1. The Labute approximate surface area is 194 Å². The van der Waals surface area contributed by atoms with Crippen molar-refractivity contribution in [3.63, 3.8) is 0 Å². The van der Waals surface area contributed by atoms with Gasteiger partial charge in [-0.15, -0.1) is 0 Å². The molecule has 172 valence electrons. The Hall–Kier alpha value is -2.74. The van der Waals surface area contributed by atoms with E-state index in [2.05, 4.69) is 6.58 Å². The molecule has 0 saturated carbocycles. The molecule has 3 aliphatic heterocycles. The molecule has 2 fully saturated rings. The molecule has 2 aromatic rings. The van der Waals surface area contributed by atoms with E-state index in [1.54, 1.807) is 24.3 Å². The standard InChI is InChI=1S/C26H27NO5S/c1-4-22-26-15-14-21(32-26)18(3)23(26)24(25(28)31-16-19-8-6-5-7-9-19)27(22)33(29,30)20-12-10-17(2)11-13-20/h5-15,21-24H,3-4,16H2,1-2H3.